The molecule has 9 heteroatoms. The fourth-order valence-corrected chi connectivity index (χ4v) is 3.09. The number of nitrogens with zero attached hydrogens (tertiary/aromatic N) is 1. The second-order valence-electron chi connectivity index (χ2n) is 5.85. The molecule has 0 fully saturated rings. The van der Waals surface area contributed by atoms with Gasteiger partial charge in [-0.2, -0.15) is 5.10 Å². The maximum absolute atomic E-state index is 13.5. The summed E-state index contributed by atoms with van der Waals surface area (Å²) >= 11 is 2.08. The van der Waals surface area contributed by atoms with E-state index in [4.69, 9.17) is 15.9 Å². The van der Waals surface area contributed by atoms with Crippen molar-refractivity contribution in [3.8, 4) is 23.8 Å². The van der Waals surface area contributed by atoms with E-state index in [0.717, 1.165) is 3.57 Å². The van der Waals surface area contributed by atoms with E-state index < -0.39 is 17.6 Å². The number of anilines is 1. The van der Waals surface area contributed by atoms with E-state index in [1.807, 2.05) is 0 Å². The van der Waals surface area contributed by atoms with E-state index in [-0.39, 0.29) is 25.1 Å². The number of hydrazone groups is 1. The molecule has 0 aliphatic heterocycles. The Morgan fingerprint density at radius 2 is 2.00 bits per heavy atom. The molecule has 156 valence electrons. The van der Waals surface area contributed by atoms with Gasteiger partial charge >= 0.3 is 0 Å². The van der Waals surface area contributed by atoms with Crippen molar-refractivity contribution in [1.82, 2.24) is 5.43 Å². The van der Waals surface area contributed by atoms with E-state index >= 15 is 0 Å². The number of hydrogen-bond acceptors (Lipinski definition) is 5. The van der Waals surface area contributed by atoms with Gasteiger partial charge in [-0.05, 0) is 52.4 Å². The number of ether oxygens (including phenoxy) is 2. The Kier molecular flexibility index (Phi) is 9.08. The largest absolute Gasteiger partial charge is 0.493 e. The third-order valence-electron chi connectivity index (χ3n) is 3.68. The highest BCUT2D eigenvalue weighted by Crippen LogP contribution is 2.33. The van der Waals surface area contributed by atoms with Gasteiger partial charge in [-0.3, -0.25) is 9.59 Å². The predicted molar refractivity (Wildman–Crippen MR) is 120 cm³/mol. The molecule has 2 N–H and O–H groups in total. The zero-order valence-electron chi connectivity index (χ0n) is 16.1. The number of hydrogen-bond donors (Lipinski definition) is 2. The van der Waals surface area contributed by atoms with Crippen molar-refractivity contribution in [2.45, 2.75) is 12.8 Å². The Balaban J connectivity index is 1.87. The van der Waals surface area contributed by atoms with Gasteiger partial charge in [0.15, 0.2) is 11.5 Å². The quantitative estimate of drug-likeness (QED) is 0.229. The fraction of sp³-hybridized carbons (Fsp3) is 0.190. The SMILES string of the molecule is C#CCOc1c(I)cc(C=NNC(=O)CCC(=O)Nc2ccccc2F)cc1OC. The van der Waals surface area contributed by atoms with Gasteiger partial charge in [-0.1, -0.05) is 18.1 Å². The van der Waals surface area contributed by atoms with E-state index in [0.29, 0.717) is 17.1 Å². The highest BCUT2D eigenvalue weighted by molar-refractivity contribution is 14.1. The molecule has 2 amide bonds. The fourth-order valence-electron chi connectivity index (χ4n) is 2.31. The summed E-state index contributed by atoms with van der Waals surface area (Å²) < 4.78 is 25.0. The normalized spacial score (nSPS) is 10.3. The molecule has 2 aromatic rings. The molecule has 7 nitrogen and oxygen atoms in total. The number of para-hydroxylation sites is 1. The lowest BCUT2D eigenvalue weighted by atomic mass is 10.2. The molecule has 2 aromatic carbocycles. The molecule has 2 rings (SSSR count). The Hall–Kier alpha value is -3.13. The first-order chi connectivity index (χ1) is 14.4. The van der Waals surface area contributed by atoms with Gasteiger partial charge in [0.05, 0.1) is 22.6 Å². The summed E-state index contributed by atoms with van der Waals surface area (Å²) in [6.07, 6.45) is 6.44. The van der Waals surface area contributed by atoms with Gasteiger partial charge < -0.3 is 14.8 Å². The second kappa shape index (κ2) is 11.8. The number of nitrogens with one attached hydrogen (secondary N) is 2. The van der Waals surface area contributed by atoms with Crippen molar-refractivity contribution in [3.05, 3.63) is 51.3 Å². The maximum Gasteiger partial charge on any atom is 0.240 e. The molecular formula is C21H19FIN3O4. The summed E-state index contributed by atoms with van der Waals surface area (Å²) in [5, 5.41) is 6.29. The van der Waals surface area contributed by atoms with Gasteiger partial charge in [-0.15, -0.1) is 6.42 Å². The monoisotopic (exact) mass is 523 g/mol. The Labute approximate surface area is 187 Å². The van der Waals surface area contributed by atoms with Gasteiger partial charge in [0.25, 0.3) is 0 Å². The van der Waals surface area contributed by atoms with Crippen LogP contribution in [0.2, 0.25) is 0 Å². The standard InChI is InChI=1S/C21H19FIN3O4/c1-3-10-30-21-16(23)11-14(12-18(21)29-2)13-24-26-20(28)9-8-19(27)25-17-7-5-4-6-15(17)22/h1,4-7,11-13H,8-10H2,2H3,(H,25,27)(H,26,28). The van der Waals surface area contributed by atoms with Crippen LogP contribution in [0.15, 0.2) is 41.5 Å². The van der Waals surface area contributed by atoms with Crippen molar-refractivity contribution in [1.29, 1.82) is 0 Å². The summed E-state index contributed by atoms with van der Waals surface area (Å²) in [4.78, 5) is 23.7. The topological polar surface area (TPSA) is 89.0 Å². The van der Waals surface area contributed by atoms with Crippen molar-refractivity contribution in [3.63, 3.8) is 0 Å². The van der Waals surface area contributed by atoms with Crippen LogP contribution in [-0.4, -0.2) is 31.7 Å². The summed E-state index contributed by atoms with van der Waals surface area (Å²) in [7, 11) is 1.50. The molecule has 0 saturated carbocycles. The van der Waals surface area contributed by atoms with E-state index in [9.17, 15) is 14.0 Å². The average Bonchev–Trinajstić information content (AvgIpc) is 2.73. The Bertz CT molecular complexity index is 989. The Morgan fingerprint density at radius 1 is 1.27 bits per heavy atom. The smallest absolute Gasteiger partial charge is 0.240 e. The maximum atomic E-state index is 13.5. The van der Waals surface area contributed by atoms with Crippen LogP contribution in [0, 0.1) is 21.7 Å². The first kappa shape index (κ1) is 23.2. The van der Waals surface area contributed by atoms with Crippen LogP contribution in [-0.2, 0) is 9.59 Å². The number of carbonyl (C=O) groups is 2. The van der Waals surface area contributed by atoms with Gasteiger partial charge in [0.2, 0.25) is 11.8 Å². The molecule has 30 heavy (non-hydrogen) atoms. The van der Waals surface area contributed by atoms with E-state index in [1.165, 1.54) is 31.5 Å². The molecule has 0 aliphatic rings. The first-order valence-corrected chi connectivity index (χ1v) is 9.82. The van der Waals surface area contributed by atoms with Crippen LogP contribution >= 0.6 is 22.6 Å². The van der Waals surface area contributed by atoms with Gasteiger partial charge in [0, 0.05) is 12.8 Å². The van der Waals surface area contributed by atoms with Crippen molar-refractivity contribution in [2.24, 2.45) is 5.10 Å². The molecule has 0 radical (unpaired) electrons. The van der Waals surface area contributed by atoms with Crippen molar-refractivity contribution >= 4 is 46.3 Å². The number of amides is 2. The molecule has 0 bridgehead atoms. The molecular weight excluding hydrogens is 504 g/mol. The number of methoxy groups -OCH3 is 1. The highest BCUT2D eigenvalue weighted by atomic mass is 127. The zero-order valence-corrected chi connectivity index (χ0v) is 18.2. The third kappa shape index (κ3) is 7.04. The first-order valence-electron chi connectivity index (χ1n) is 8.74. The van der Waals surface area contributed by atoms with Crippen molar-refractivity contribution < 1.29 is 23.5 Å². The molecule has 0 saturated heterocycles. The lowest BCUT2D eigenvalue weighted by Gasteiger charge is -2.11. The van der Waals surface area contributed by atoms with Crippen LogP contribution < -0.4 is 20.2 Å². The third-order valence-corrected chi connectivity index (χ3v) is 4.48. The van der Waals surface area contributed by atoms with Crippen LogP contribution in [0.4, 0.5) is 10.1 Å². The van der Waals surface area contributed by atoms with Crippen molar-refractivity contribution in [2.75, 3.05) is 19.0 Å². The number of terminal acetylenes is 1. The lowest BCUT2D eigenvalue weighted by Crippen LogP contribution is -2.21. The minimum absolute atomic E-state index is 0.0687. The molecule has 0 aromatic heterocycles. The predicted octanol–water partition coefficient (Wildman–Crippen LogP) is 3.32. The average molecular weight is 523 g/mol. The van der Waals surface area contributed by atoms with Gasteiger partial charge in [-0.25, -0.2) is 9.82 Å². The Morgan fingerprint density at radius 3 is 2.70 bits per heavy atom. The van der Waals surface area contributed by atoms with Crippen LogP contribution in [0.3, 0.4) is 0 Å². The minimum atomic E-state index is -0.541. The number of rotatable bonds is 9. The number of benzene rings is 2. The highest BCUT2D eigenvalue weighted by Gasteiger charge is 2.11. The van der Waals surface area contributed by atoms with E-state index in [1.54, 1.807) is 18.2 Å². The number of carbonyl (C=O) groups excluding carboxylic acids is 2. The molecule has 0 spiro atoms. The summed E-state index contributed by atoms with van der Waals surface area (Å²) in [6.45, 7) is 0.111. The minimum Gasteiger partial charge on any atom is -0.493 e. The molecule has 0 aliphatic carbocycles. The van der Waals surface area contributed by atoms with Crippen LogP contribution in [0.1, 0.15) is 18.4 Å². The van der Waals surface area contributed by atoms with Crippen LogP contribution in [0.5, 0.6) is 11.5 Å². The van der Waals surface area contributed by atoms with Gasteiger partial charge in [0.1, 0.15) is 12.4 Å². The summed E-state index contributed by atoms with van der Waals surface area (Å²) in [5.41, 5.74) is 3.08. The lowest BCUT2D eigenvalue weighted by molar-refractivity contribution is -0.124. The van der Waals surface area contributed by atoms with E-state index in [2.05, 4.69) is 44.4 Å². The summed E-state index contributed by atoms with van der Waals surface area (Å²) in [6, 6.07) is 9.27. The molecule has 0 atom stereocenters. The molecule has 0 unspecified atom stereocenters. The second-order valence-corrected chi connectivity index (χ2v) is 7.01. The molecule has 0 heterocycles. The van der Waals surface area contributed by atoms with Crippen LogP contribution in [0.25, 0.3) is 0 Å². The number of halogens is 2. The zero-order chi connectivity index (χ0) is 21.9. The summed E-state index contributed by atoms with van der Waals surface area (Å²) in [5.74, 6) is 1.93.